The van der Waals surface area contributed by atoms with Gasteiger partial charge in [0.05, 0.1) is 6.20 Å². The number of carbonyl (C=O) groups excluding carboxylic acids is 1. The summed E-state index contributed by atoms with van der Waals surface area (Å²) in [5.41, 5.74) is 0.776. The van der Waals surface area contributed by atoms with Crippen LogP contribution in [0, 0.1) is 6.92 Å². The molecule has 0 radical (unpaired) electrons. The Morgan fingerprint density at radius 1 is 1.41 bits per heavy atom. The molecule has 0 aliphatic heterocycles. The average molecular weight is 401 g/mol. The van der Waals surface area contributed by atoms with Crippen LogP contribution in [0.2, 0.25) is 0 Å². The third kappa shape index (κ3) is 3.99. The Hall–Kier alpha value is -2.84. The molecule has 2 aromatic rings. The first-order valence-corrected chi connectivity index (χ1v) is 10.2. The van der Waals surface area contributed by atoms with E-state index < -0.39 is 6.09 Å². The van der Waals surface area contributed by atoms with E-state index in [0.717, 1.165) is 44.2 Å². The molecule has 2 saturated carbocycles. The van der Waals surface area contributed by atoms with Crippen molar-refractivity contribution in [3.8, 4) is 0 Å². The van der Waals surface area contributed by atoms with Crippen molar-refractivity contribution < 1.29 is 19.1 Å². The summed E-state index contributed by atoms with van der Waals surface area (Å²) in [7, 11) is 0. The van der Waals surface area contributed by atoms with Gasteiger partial charge in [-0.2, -0.15) is 5.10 Å². The van der Waals surface area contributed by atoms with Crippen molar-refractivity contribution in [1.82, 2.24) is 20.1 Å². The largest absolute Gasteiger partial charge is 0.465 e. The molecule has 156 valence electrons. The van der Waals surface area contributed by atoms with Crippen LogP contribution in [0.15, 0.2) is 16.7 Å². The molecule has 2 amide bonds. The molecule has 3 N–H and O–H groups in total. The molecule has 9 heteroatoms. The van der Waals surface area contributed by atoms with Crippen molar-refractivity contribution in [2.45, 2.75) is 76.3 Å². The topological polar surface area (TPSA) is 124 Å². The van der Waals surface area contributed by atoms with Crippen molar-refractivity contribution in [3.63, 3.8) is 0 Å². The molecule has 0 spiro atoms. The second-order valence-electron chi connectivity index (χ2n) is 8.19. The fourth-order valence-corrected chi connectivity index (χ4v) is 4.55. The molecule has 2 aromatic heterocycles. The number of amides is 2. The van der Waals surface area contributed by atoms with E-state index in [1.165, 1.54) is 0 Å². The Labute approximate surface area is 168 Å². The van der Waals surface area contributed by atoms with Gasteiger partial charge in [0.1, 0.15) is 12.2 Å². The summed E-state index contributed by atoms with van der Waals surface area (Å²) >= 11 is 0. The van der Waals surface area contributed by atoms with Gasteiger partial charge in [0.2, 0.25) is 11.8 Å². The number of nitrogens with zero attached hydrogens (tertiary/aromatic N) is 3. The molecule has 0 saturated heterocycles. The fraction of sp³-hybridized carbons (Fsp3) is 0.600. The summed E-state index contributed by atoms with van der Waals surface area (Å²) in [5.74, 6) is 1.45. The van der Waals surface area contributed by atoms with Gasteiger partial charge in [-0.1, -0.05) is 6.92 Å². The van der Waals surface area contributed by atoms with E-state index in [0.29, 0.717) is 17.5 Å². The zero-order chi connectivity index (χ0) is 20.6. The third-order valence-corrected chi connectivity index (χ3v) is 6.26. The Kier molecular flexibility index (Phi) is 5.06. The van der Waals surface area contributed by atoms with E-state index in [1.807, 2.05) is 6.07 Å². The van der Waals surface area contributed by atoms with Crippen LogP contribution in [0.1, 0.15) is 68.7 Å². The smallest absolute Gasteiger partial charge is 0.408 e. The SMILES string of the molecule is CCC1(N(C(=O)O)C2CCC(c3cc(NC(=O)Cc4ncc(C)o4)n[nH]3)C2)CC1. The predicted octanol–water partition coefficient (Wildman–Crippen LogP) is 3.45. The van der Waals surface area contributed by atoms with E-state index in [2.05, 4.69) is 27.4 Å². The summed E-state index contributed by atoms with van der Waals surface area (Å²) in [6.07, 6.45) is 6.13. The third-order valence-electron chi connectivity index (χ3n) is 6.26. The van der Waals surface area contributed by atoms with Gasteiger partial charge in [-0.25, -0.2) is 9.78 Å². The maximum atomic E-state index is 12.2. The highest BCUT2D eigenvalue weighted by Crippen LogP contribution is 2.49. The second-order valence-corrected chi connectivity index (χ2v) is 8.19. The Bertz CT molecular complexity index is 900. The minimum absolute atomic E-state index is 0.0366. The fourth-order valence-electron chi connectivity index (χ4n) is 4.55. The standard InChI is InChI=1S/C20H27N5O4/c1-3-20(6-7-20)25(19(27)28)14-5-4-13(8-14)15-9-16(24-23-15)22-17(26)10-18-21-11-12(2)29-18/h9,11,13-14H,3-8,10H2,1-2H3,(H,27,28)(H2,22,23,24,26). The van der Waals surface area contributed by atoms with Gasteiger partial charge >= 0.3 is 6.09 Å². The van der Waals surface area contributed by atoms with Crippen LogP contribution in [-0.4, -0.2) is 48.8 Å². The number of nitrogens with one attached hydrogen (secondary N) is 2. The van der Waals surface area contributed by atoms with Gasteiger partial charge in [0.25, 0.3) is 0 Å². The molecular weight excluding hydrogens is 374 g/mol. The number of hydrogen-bond acceptors (Lipinski definition) is 5. The monoisotopic (exact) mass is 401 g/mol. The number of hydrogen-bond donors (Lipinski definition) is 3. The highest BCUT2D eigenvalue weighted by molar-refractivity contribution is 5.90. The number of rotatable bonds is 7. The highest BCUT2D eigenvalue weighted by Gasteiger charge is 2.52. The summed E-state index contributed by atoms with van der Waals surface area (Å²) in [6, 6.07) is 1.87. The van der Waals surface area contributed by atoms with Crippen molar-refractivity contribution in [3.05, 3.63) is 29.6 Å². The summed E-state index contributed by atoms with van der Waals surface area (Å²) < 4.78 is 5.32. The molecule has 9 nitrogen and oxygen atoms in total. The first-order chi connectivity index (χ1) is 13.9. The van der Waals surface area contributed by atoms with Crippen LogP contribution >= 0.6 is 0 Å². The van der Waals surface area contributed by atoms with Crippen LogP contribution in [0.4, 0.5) is 10.6 Å². The molecule has 2 aliphatic rings. The first kappa shape index (κ1) is 19.5. The van der Waals surface area contributed by atoms with Crippen LogP contribution in [0.25, 0.3) is 0 Å². The van der Waals surface area contributed by atoms with Crippen LogP contribution < -0.4 is 5.32 Å². The lowest BCUT2D eigenvalue weighted by atomic mass is 10.0. The summed E-state index contributed by atoms with van der Waals surface area (Å²) in [6.45, 7) is 3.85. The van der Waals surface area contributed by atoms with Gasteiger partial charge in [-0.3, -0.25) is 14.8 Å². The lowest BCUT2D eigenvalue weighted by Crippen LogP contribution is -2.47. The van der Waals surface area contributed by atoms with Crippen molar-refractivity contribution in [2.75, 3.05) is 5.32 Å². The van der Waals surface area contributed by atoms with E-state index in [9.17, 15) is 14.7 Å². The van der Waals surface area contributed by atoms with E-state index in [-0.39, 0.29) is 29.8 Å². The van der Waals surface area contributed by atoms with Crippen molar-refractivity contribution in [1.29, 1.82) is 0 Å². The van der Waals surface area contributed by atoms with E-state index in [1.54, 1.807) is 18.0 Å². The Morgan fingerprint density at radius 3 is 2.83 bits per heavy atom. The number of carboxylic acid groups (broad SMARTS) is 1. The zero-order valence-corrected chi connectivity index (χ0v) is 16.8. The van der Waals surface area contributed by atoms with E-state index >= 15 is 0 Å². The predicted molar refractivity (Wildman–Crippen MR) is 105 cm³/mol. The summed E-state index contributed by atoms with van der Waals surface area (Å²) in [5, 5.41) is 19.7. The molecule has 0 bridgehead atoms. The molecule has 2 fully saturated rings. The number of aromatic amines is 1. The minimum Gasteiger partial charge on any atom is -0.465 e. The molecule has 4 rings (SSSR count). The lowest BCUT2D eigenvalue weighted by Gasteiger charge is -2.34. The lowest BCUT2D eigenvalue weighted by molar-refractivity contribution is -0.115. The number of carbonyl (C=O) groups is 2. The second kappa shape index (κ2) is 7.53. The molecule has 2 heterocycles. The van der Waals surface area contributed by atoms with Gasteiger partial charge in [-0.05, 0) is 45.4 Å². The van der Waals surface area contributed by atoms with Gasteiger partial charge in [-0.15, -0.1) is 0 Å². The quantitative estimate of drug-likeness (QED) is 0.653. The number of H-pyrrole nitrogens is 1. The van der Waals surface area contributed by atoms with Crippen molar-refractivity contribution in [2.24, 2.45) is 0 Å². The summed E-state index contributed by atoms with van der Waals surface area (Å²) in [4.78, 5) is 29.8. The van der Waals surface area contributed by atoms with Crippen LogP contribution in [-0.2, 0) is 11.2 Å². The normalized spacial score (nSPS) is 22.4. The number of oxazole rings is 1. The van der Waals surface area contributed by atoms with E-state index in [4.69, 9.17) is 4.42 Å². The minimum atomic E-state index is -0.811. The number of aryl methyl sites for hydroxylation is 1. The Morgan fingerprint density at radius 2 is 2.21 bits per heavy atom. The molecule has 2 aliphatic carbocycles. The van der Waals surface area contributed by atoms with Crippen LogP contribution in [0.5, 0.6) is 0 Å². The maximum absolute atomic E-state index is 12.2. The molecule has 2 unspecified atom stereocenters. The first-order valence-electron chi connectivity index (χ1n) is 10.2. The molecule has 29 heavy (non-hydrogen) atoms. The highest BCUT2D eigenvalue weighted by atomic mass is 16.4. The molecule has 2 atom stereocenters. The van der Waals surface area contributed by atoms with Gasteiger partial charge in [0.15, 0.2) is 5.82 Å². The molecule has 0 aromatic carbocycles. The van der Waals surface area contributed by atoms with Gasteiger partial charge in [0, 0.05) is 29.3 Å². The maximum Gasteiger partial charge on any atom is 0.408 e. The molecular formula is C20H27N5O4. The van der Waals surface area contributed by atoms with Crippen molar-refractivity contribution >= 4 is 17.8 Å². The zero-order valence-electron chi connectivity index (χ0n) is 16.8. The number of aromatic nitrogens is 3. The number of anilines is 1. The average Bonchev–Trinajstić information content (AvgIpc) is 3.02. The Balaban J connectivity index is 1.36. The van der Waals surface area contributed by atoms with Crippen LogP contribution in [0.3, 0.4) is 0 Å². The van der Waals surface area contributed by atoms with Gasteiger partial charge < -0.3 is 14.8 Å².